The molecule has 3 rings (SSSR count). The largest absolute Gasteiger partial charge is 0.303 e. The summed E-state index contributed by atoms with van der Waals surface area (Å²) in [5, 5.41) is 2.78. The minimum absolute atomic E-state index is 0.866. The zero-order valence-corrected chi connectivity index (χ0v) is 10.4. The van der Waals surface area contributed by atoms with Gasteiger partial charge in [0.25, 0.3) is 0 Å². The van der Waals surface area contributed by atoms with Crippen LogP contribution in [0.15, 0.2) is 42.5 Å². The second kappa shape index (κ2) is 4.50. The third-order valence-electron chi connectivity index (χ3n) is 3.78. The Morgan fingerprint density at radius 2 is 1.82 bits per heavy atom. The first-order chi connectivity index (χ1) is 8.34. The van der Waals surface area contributed by atoms with Crippen molar-refractivity contribution in [3.05, 3.63) is 48.0 Å². The zero-order chi connectivity index (χ0) is 11.7. The Hall–Kier alpha value is -1.34. The van der Waals surface area contributed by atoms with Gasteiger partial charge in [-0.05, 0) is 42.6 Å². The Morgan fingerprint density at radius 3 is 2.65 bits per heavy atom. The summed E-state index contributed by atoms with van der Waals surface area (Å²) < 4.78 is 0. The highest BCUT2D eigenvalue weighted by atomic mass is 15.1. The van der Waals surface area contributed by atoms with Gasteiger partial charge in [0.1, 0.15) is 0 Å². The van der Waals surface area contributed by atoms with Crippen molar-refractivity contribution in [1.82, 2.24) is 4.90 Å². The normalized spacial score (nSPS) is 15.6. The van der Waals surface area contributed by atoms with Gasteiger partial charge >= 0.3 is 0 Å². The van der Waals surface area contributed by atoms with Crippen molar-refractivity contribution < 1.29 is 0 Å². The number of nitrogens with zero attached hydrogens (tertiary/aromatic N) is 1. The van der Waals surface area contributed by atoms with Crippen LogP contribution in [0.2, 0.25) is 0 Å². The summed E-state index contributed by atoms with van der Waals surface area (Å²) in [6, 6.07) is 16.2. The summed E-state index contributed by atoms with van der Waals surface area (Å²) in [6.07, 6.45) is 3.95. The monoisotopic (exact) mass is 225 g/mol. The Balaban J connectivity index is 1.79. The number of fused-ring (bicyclic) bond motifs is 1. The van der Waals surface area contributed by atoms with E-state index in [2.05, 4.69) is 54.4 Å². The van der Waals surface area contributed by atoms with Crippen LogP contribution in [-0.4, -0.2) is 24.5 Å². The Bertz CT molecular complexity index is 508. The van der Waals surface area contributed by atoms with Crippen LogP contribution in [-0.2, 0) is 6.42 Å². The molecule has 0 radical (unpaired) electrons. The average molecular weight is 225 g/mol. The molecule has 1 aliphatic carbocycles. The van der Waals surface area contributed by atoms with Gasteiger partial charge in [0.05, 0.1) is 0 Å². The maximum absolute atomic E-state index is 2.50. The molecule has 2 aromatic rings. The van der Waals surface area contributed by atoms with Gasteiger partial charge < -0.3 is 4.90 Å². The van der Waals surface area contributed by atoms with Gasteiger partial charge in [0, 0.05) is 12.6 Å². The predicted octanol–water partition coefficient (Wildman–Crippen LogP) is 3.48. The van der Waals surface area contributed by atoms with Crippen LogP contribution in [0, 0.1) is 0 Å². The van der Waals surface area contributed by atoms with Crippen LogP contribution in [0.1, 0.15) is 18.4 Å². The van der Waals surface area contributed by atoms with E-state index in [0.29, 0.717) is 0 Å². The summed E-state index contributed by atoms with van der Waals surface area (Å²) >= 11 is 0. The van der Waals surface area contributed by atoms with E-state index in [-0.39, 0.29) is 0 Å². The van der Waals surface area contributed by atoms with E-state index >= 15 is 0 Å². The second-order valence-corrected chi connectivity index (χ2v) is 5.10. The summed E-state index contributed by atoms with van der Waals surface area (Å²) in [6.45, 7) is 1.18. The first-order valence-corrected chi connectivity index (χ1v) is 6.51. The third-order valence-corrected chi connectivity index (χ3v) is 3.78. The van der Waals surface area contributed by atoms with E-state index in [0.717, 1.165) is 12.5 Å². The van der Waals surface area contributed by atoms with E-state index in [9.17, 15) is 0 Å². The van der Waals surface area contributed by atoms with Gasteiger partial charge in [0.2, 0.25) is 0 Å². The van der Waals surface area contributed by atoms with Gasteiger partial charge in [-0.15, -0.1) is 0 Å². The highest BCUT2D eigenvalue weighted by molar-refractivity contribution is 5.85. The minimum atomic E-state index is 0.866. The molecule has 1 fully saturated rings. The number of hydrogen-bond donors (Lipinski definition) is 0. The smallest absolute Gasteiger partial charge is 0.00935 e. The number of rotatable bonds is 4. The van der Waals surface area contributed by atoms with Crippen molar-refractivity contribution in [2.24, 2.45) is 0 Å². The lowest BCUT2D eigenvalue weighted by Gasteiger charge is -2.16. The second-order valence-electron chi connectivity index (χ2n) is 5.10. The van der Waals surface area contributed by atoms with Crippen LogP contribution in [0.3, 0.4) is 0 Å². The molecule has 0 aliphatic heterocycles. The summed E-state index contributed by atoms with van der Waals surface area (Å²) in [5.41, 5.74) is 1.48. The molecule has 1 heteroatoms. The van der Waals surface area contributed by atoms with Crippen LogP contribution >= 0.6 is 0 Å². The van der Waals surface area contributed by atoms with Gasteiger partial charge in [-0.1, -0.05) is 42.5 Å². The standard InChI is InChI=1S/C16H19N/c1-17(15-9-10-15)12-11-14-7-4-6-13-5-2-3-8-16(13)14/h2-8,15H,9-12H2,1H3. The molecular formula is C16H19N. The fourth-order valence-electron chi connectivity index (χ4n) is 2.51. The molecule has 0 heterocycles. The first kappa shape index (κ1) is 10.8. The molecule has 0 saturated heterocycles. The first-order valence-electron chi connectivity index (χ1n) is 6.51. The Labute approximate surface area is 103 Å². The summed E-state index contributed by atoms with van der Waals surface area (Å²) in [7, 11) is 2.25. The van der Waals surface area contributed by atoms with Crippen LogP contribution in [0.25, 0.3) is 10.8 Å². The molecule has 88 valence electrons. The summed E-state index contributed by atoms with van der Waals surface area (Å²) in [4.78, 5) is 2.50. The fraction of sp³-hybridized carbons (Fsp3) is 0.375. The molecular weight excluding hydrogens is 206 g/mol. The third kappa shape index (κ3) is 2.34. The SMILES string of the molecule is CN(CCc1cccc2ccccc12)C1CC1. The molecule has 0 aromatic heterocycles. The summed E-state index contributed by atoms with van der Waals surface area (Å²) in [5.74, 6) is 0. The molecule has 1 aliphatic rings. The minimum Gasteiger partial charge on any atom is -0.303 e. The van der Waals surface area contributed by atoms with Gasteiger partial charge in [-0.3, -0.25) is 0 Å². The Morgan fingerprint density at radius 1 is 1.06 bits per heavy atom. The predicted molar refractivity (Wildman–Crippen MR) is 73.3 cm³/mol. The van der Waals surface area contributed by atoms with Crippen molar-refractivity contribution in [2.45, 2.75) is 25.3 Å². The molecule has 0 bridgehead atoms. The quantitative estimate of drug-likeness (QED) is 0.770. The van der Waals surface area contributed by atoms with Crippen molar-refractivity contribution in [1.29, 1.82) is 0 Å². The van der Waals surface area contributed by atoms with Crippen molar-refractivity contribution in [2.75, 3.05) is 13.6 Å². The van der Waals surface area contributed by atoms with E-state index in [1.807, 2.05) is 0 Å². The lowest BCUT2D eigenvalue weighted by Crippen LogP contribution is -2.23. The molecule has 1 saturated carbocycles. The number of hydrogen-bond acceptors (Lipinski definition) is 1. The molecule has 0 unspecified atom stereocenters. The van der Waals surface area contributed by atoms with Gasteiger partial charge in [-0.2, -0.15) is 0 Å². The lowest BCUT2D eigenvalue weighted by molar-refractivity contribution is 0.329. The highest BCUT2D eigenvalue weighted by Gasteiger charge is 2.25. The van der Waals surface area contributed by atoms with Crippen molar-refractivity contribution in [3.63, 3.8) is 0 Å². The average Bonchev–Trinajstić information content (AvgIpc) is 3.20. The molecule has 0 amide bonds. The van der Waals surface area contributed by atoms with E-state index in [1.54, 1.807) is 0 Å². The lowest BCUT2D eigenvalue weighted by atomic mass is 10.0. The molecule has 0 spiro atoms. The van der Waals surface area contributed by atoms with E-state index < -0.39 is 0 Å². The van der Waals surface area contributed by atoms with E-state index in [4.69, 9.17) is 0 Å². The maximum Gasteiger partial charge on any atom is 0.00935 e. The zero-order valence-electron chi connectivity index (χ0n) is 10.4. The molecule has 17 heavy (non-hydrogen) atoms. The topological polar surface area (TPSA) is 3.24 Å². The van der Waals surface area contributed by atoms with Gasteiger partial charge in [0.15, 0.2) is 0 Å². The van der Waals surface area contributed by atoms with Crippen LogP contribution in [0.4, 0.5) is 0 Å². The van der Waals surface area contributed by atoms with E-state index in [1.165, 1.54) is 35.7 Å². The molecule has 2 aromatic carbocycles. The Kier molecular flexibility index (Phi) is 2.86. The molecule has 0 atom stereocenters. The van der Waals surface area contributed by atoms with Crippen LogP contribution in [0.5, 0.6) is 0 Å². The van der Waals surface area contributed by atoms with Crippen molar-refractivity contribution in [3.8, 4) is 0 Å². The highest BCUT2D eigenvalue weighted by Crippen LogP contribution is 2.26. The molecule has 0 N–H and O–H groups in total. The van der Waals surface area contributed by atoms with Crippen molar-refractivity contribution >= 4 is 10.8 Å². The number of likely N-dealkylation sites (N-methyl/N-ethyl adjacent to an activating group) is 1. The fourth-order valence-corrected chi connectivity index (χ4v) is 2.51. The maximum atomic E-state index is 2.50. The van der Waals surface area contributed by atoms with Gasteiger partial charge in [-0.25, -0.2) is 0 Å². The molecule has 1 nitrogen and oxygen atoms in total. The van der Waals surface area contributed by atoms with Crippen LogP contribution < -0.4 is 0 Å². The number of benzene rings is 2.